The molecule has 0 spiro atoms. The number of carboxylic acids is 2. The standard InChI is InChI=1S/C15H26O4/c1-11(12-6-4-3-5-7-12)15(2,10-14(18)19)9-8-13(16)17/h11-12H,3-10H2,1-2H3,(H,16,17)(H,18,19)/t11-,15+/m1/s1. The fourth-order valence-corrected chi connectivity index (χ4v) is 3.42. The summed E-state index contributed by atoms with van der Waals surface area (Å²) >= 11 is 0. The van der Waals surface area contributed by atoms with E-state index in [1.54, 1.807) is 0 Å². The molecule has 0 unspecified atom stereocenters. The van der Waals surface area contributed by atoms with Gasteiger partial charge in [0.15, 0.2) is 0 Å². The summed E-state index contributed by atoms with van der Waals surface area (Å²) < 4.78 is 0. The Kier molecular flexibility index (Phi) is 5.83. The molecular formula is C15H26O4. The molecular weight excluding hydrogens is 244 g/mol. The van der Waals surface area contributed by atoms with E-state index < -0.39 is 17.4 Å². The lowest BCUT2D eigenvalue weighted by Gasteiger charge is -2.40. The molecule has 0 heterocycles. The largest absolute Gasteiger partial charge is 0.481 e. The van der Waals surface area contributed by atoms with Gasteiger partial charge in [-0.15, -0.1) is 0 Å². The molecule has 0 bridgehead atoms. The lowest BCUT2D eigenvalue weighted by Crippen LogP contribution is -2.35. The van der Waals surface area contributed by atoms with Crippen molar-refractivity contribution < 1.29 is 19.8 Å². The van der Waals surface area contributed by atoms with E-state index in [0.717, 1.165) is 12.8 Å². The van der Waals surface area contributed by atoms with Gasteiger partial charge in [0.2, 0.25) is 0 Å². The lowest BCUT2D eigenvalue weighted by atomic mass is 9.64. The second-order valence-corrected chi connectivity index (χ2v) is 6.31. The summed E-state index contributed by atoms with van der Waals surface area (Å²) in [6.45, 7) is 4.06. The van der Waals surface area contributed by atoms with Gasteiger partial charge in [0.1, 0.15) is 0 Å². The van der Waals surface area contributed by atoms with Crippen LogP contribution in [0, 0.1) is 17.3 Å². The number of hydrogen-bond acceptors (Lipinski definition) is 2. The molecule has 0 aromatic heterocycles. The Bertz CT molecular complexity index is 320. The summed E-state index contributed by atoms with van der Waals surface area (Å²) in [7, 11) is 0. The Labute approximate surface area is 115 Å². The highest BCUT2D eigenvalue weighted by molar-refractivity contribution is 5.69. The highest BCUT2D eigenvalue weighted by Gasteiger charge is 2.38. The van der Waals surface area contributed by atoms with Crippen LogP contribution in [0.1, 0.15) is 65.2 Å². The van der Waals surface area contributed by atoms with Crippen molar-refractivity contribution in [1.29, 1.82) is 0 Å². The van der Waals surface area contributed by atoms with Crippen LogP contribution in [0.15, 0.2) is 0 Å². The topological polar surface area (TPSA) is 74.6 Å². The van der Waals surface area contributed by atoms with Crippen molar-refractivity contribution in [3.8, 4) is 0 Å². The van der Waals surface area contributed by atoms with Crippen LogP contribution in [0.3, 0.4) is 0 Å². The maximum absolute atomic E-state index is 11.1. The summed E-state index contributed by atoms with van der Waals surface area (Å²) in [5, 5.41) is 18.0. The molecule has 0 aliphatic heterocycles. The van der Waals surface area contributed by atoms with Gasteiger partial charge in [-0.25, -0.2) is 0 Å². The van der Waals surface area contributed by atoms with Crippen molar-refractivity contribution in [2.75, 3.05) is 0 Å². The number of hydrogen-bond donors (Lipinski definition) is 2. The normalized spacial score (nSPS) is 21.6. The first-order valence-corrected chi connectivity index (χ1v) is 7.29. The first kappa shape index (κ1) is 16.0. The summed E-state index contributed by atoms with van der Waals surface area (Å²) in [6.07, 6.45) is 6.60. The maximum atomic E-state index is 11.1. The van der Waals surface area contributed by atoms with E-state index in [1.807, 2.05) is 6.92 Å². The molecule has 0 radical (unpaired) electrons. The van der Waals surface area contributed by atoms with Crippen molar-refractivity contribution >= 4 is 11.9 Å². The smallest absolute Gasteiger partial charge is 0.303 e. The Morgan fingerprint density at radius 1 is 1.16 bits per heavy atom. The van der Waals surface area contributed by atoms with Crippen molar-refractivity contribution in [3.05, 3.63) is 0 Å². The molecule has 0 saturated heterocycles. The van der Waals surface area contributed by atoms with Crippen LogP contribution in [0.25, 0.3) is 0 Å². The minimum absolute atomic E-state index is 0.0564. The first-order chi connectivity index (χ1) is 8.85. The van der Waals surface area contributed by atoms with Crippen LogP contribution in [0.2, 0.25) is 0 Å². The van der Waals surface area contributed by atoms with Gasteiger partial charge >= 0.3 is 11.9 Å². The average molecular weight is 270 g/mol. The highest BCUT2D eigenvalue weighted by Crippen LogP contribution is 2.44. The predicted octanol–water partition coefficient (Wildman–Crippen LogP) is 3.55. The number of carboxylic acid groups (broad SMARTS) is 2. The number of carbonyl (C=O) groups is 2. The summed E-state index contributed by atoms with van der Waals surface area (Å²) in [5.74, 6) is -0.849. The van der Waals surface area contributed by atoms with Crippen LogP contribution in [-0.2, 0) is 9.59 Å². The zero-order chi connectivity index (χ0) is 14.5. The van der Waals surface area contributed by atoms with Gasteiger partial charge in [0.05, 0.1) is 6.42 Å². The van der Waals surface area contributed by atoms with E-state index in [0.29, 0.717) is 12.3 Å². The highest BCUT2D eigenvalue weighted by atomic mass is 16.4. The SMILES string of the molecule is C[C@H](C1CCCCC1)[C@@](C)(CCC(=O)O)CC(=O)O. The van der Waals surface area contributed by atoms with Crippen molar-refractivity contribution in [2.24, 2.45) is 17.3 Å². The Hall–Kier alpha value is -1.06. The van der Waals surface area contributed by atoms with Crippen LogP contribution >= 0.6 is 0 Å². The minimum Gasteiger partial charge on any atom is -0.481 e. The predicted molar refractivity (Wildman–Crippen MR) is 73.0 cm³/mol. The van der Waals surface area contributed by atoms with E-state index in [4.69, 9.17) is 10.2 Å². The van der Waals surface area contributed by atoms with Gasteiger partial charge in [-0.3, -0.25) is 9.59 Å². The van der Waals surface area contributed by atoms with E-state index in [1.165, 1.54) is 19.3 Å². The number of aliphatic carboxylic acids is 2. The van der Waals surface area contributed by atoms with Crippen LogP contribution in [0.4, 0.5) is 0 Å². The van der Waals surface area contributed by atoms with Gasteiger partial charge in [-0.2, -0.15) is 0 Å². The van der Waals surface area contributed by atoms with Gasteiger partial charge in [0, 0.05) is 6.42 Å². The maximum Gasteiger partial charge on any atom is 0.303 e. The second-order valence-electron chi connectivity index (χ2n) is 6.31. The molecule has 1 aliphatic rings. The molecule has 1 rings (SSSR count). The van der Waals surface area contributed by atoms with E-state index in [9.17, 15) is 9.59 Å². The van der Waals surface area contributed by atoms with E-state index in [2.05, 4.69) is 6.92 Å². The van der Waals surface area contributed by atoms with E-state index >= 15 is 0 Å². The zero-order valence-corrected chi connectivity index (χ0v) is 12.0. The first-order valence-electron chi connectivity index (χ1n) is 7.29. The van der Waals surface area contributed by atoms with Crippen molar-refractivity contribution in [3.63, 3.8) is 0 Å². The summed E-state index contributed by atoms with van der Waals surface area (Å²) in [6, 6.07) is 0. The van der Waals surface area contributed by atoms with Gasteiger partial charge < -0.3 is 10.2 Å². The molecule has 2 atom stereocenters. The molecule has 0 amide bonds. The fourth-order valence-electron chi connectivity index (χ4n) is 3.42. The molecule has 4 nitrogen and oxygen atoms in total. The van der Waals surface area contributed by atoms with Crippen LogP contribution in [-0.4, -0.2) is 22.2 Å². The molecule has 2 N–H and O–H groups in total. The van der Waals surface area contributed by atoms with Crippen molar-refractivity contribution in [2.45, 2.75) is 65.2 Å². The Morgan fingerprint density at radius 3 is 2.21 bits per heavy atom. The lowest BCUT2D eigenvalue weighted by molar-refractivity contribution is -0.143. The number of rotatable bonds is 7. The molecule has 110 valence electrons. The molecule has 1 saturated carbocycles. The van der Waals surface area contributed by atoms with Crippen molar-refractivity contribution in [1.82, 2.24) is 0 Å². The molecule has 1 aliphatic carbocycles. The van der Waals surface area contributed by atoms with Gasteiger partial charge in [0.25, 0.3) is 0 Å². The summed E-state index contributed by atoms with van der Waals surface area (Å²) in [5.41, 5.74) is -0.410. The molecule has 1 fully saturated rings. The molecule has 4 heteroatoms. The second kappa shape index (κ2) is 6.92. The molecule has 0 aromatic rings. The fraction of sp³-hybridized carbons (Fsp3) is 0.867. The third kappa shape index (κ3) is 4.84. The minimum atomic E-state index is -0.840. The monoisotopic (exact) mass is 270 g/mol. The van der Waals surface area contributed by atoms with Crippen LogP contribution in [0.5, 0.6) is 0 Å². The molecule has 0 aromatic carbocycles. The third-order valence-corrected chi connectivity index (χ3v) is 4.92. The van der Waals surface area contributed by atoms with Crippen LogP contribution < -0.4 is 0 Å². The van der Waals surface area contributed by atoms with E-state index in [-0.39, 0.29) is 18.8 Å². The summed E-state index contributed by atoms with van der Waals surface area (Å²) in [4.78, 5) is 21.9. The quantitative estimate of drug-likeness (QED) is 0.742. The average Bonchev–Trinajstić information content (AvgIpc) is 2.36. The zero-order valence-electron chi connectivity index (χ0n) is 12.0. The van der Waals surface area contributed by atoms with Gasteiger partial charge in [-0.05, 0) is 23.7 Å². The Balaban J connectivity index is 2.74. The molecule has 19 heavy (non-hydrogen) atoms. The Morgan fingerprint density at radius 2 is 1.74 bits per heavy atom. The van der Waals surface area contributed by atoms with Gasteiger partial charge in [-0.1, -0.05) is 46.0 Å². The third-order valence-electron chi connectivity index (χ3n) is 4.92.